The van der Waals surface area contributed by atoms with Crippen molar-refractivity contribution in [3.05, 3.63) is 84.1 Å². The molecule has 118 valence electrons. The first kappa shape index (κ1) is 14.8. The second-order valence-corrected chi connectivity index (χ2v) is 6.17. The Labute approximate surface area is 142 Å². The fraction of sp³-hybridized carbons (Fsp3) is 0.130. The predicted octanol–water partition coefficient (Wildman–Crippen LogP) is 6.52. The van der Waals surface area contributed by atoms with Gasteiger partial charge in [-0.3, -0.25) is 0 Å². The van der Waals surface area contributed by atoms with Crippen LogP contribution in [0, 0.1) is 6.92 Å². The maximum absolute atomic E-state index is 2.40. The van der Waals surface area contributed by atoms with Crippen LogP contribution in [0.2, 0.25) is 0 Å². The molecule has 0 aliphatic heterocycles. The third-order valence-corrected chi connectivity index (χ3v) is 4.69. The summed E-state index contributed by atoms with van der Waals surface area (Å²) in [7, 11) is 0. The summed E-state index contributed by atoms with van der Waals surface area (Å²) >= 11 is 0. The van der Waals surface area contributed by atoms with Crippen molar-refractivity contribution in [3.63, 3.8) is 0 Å². The molecule has 0 saturated heterocycles. The molecular weight excluding hydrogens is 290 g/mol. The number of benzene rings is 3. The second-order valence-electron chi connectivity index (χ2n) is 6.17. The smallest absolute Gasteiger partial charge is 0.0540 e. The largest absolute Gasteiger partial charge is 0.309 e. The van der Waals surface area contributed by atoms with Crippen molar-refractivity contribution < 1.29 is 0 Å². The van der Waals surface area contributed by atoms with Crippen LogP contribution in [0.4, 0.5) is 0 Å². The molecule has 1 aromatic heterocycles. The van der Waals surface area contributed by atoms with E-state index in [1.807, 2.05) is 0 Å². The average molecular weight is 311 g/mol. The van der Waals surface area contributed by atoms with Gasteiger partial charge >= 0.3 is 0 Å². The molecule has 0 aliphatic carbocycles. The van der Waals surface area contributed by atoms with Crippen molar-refractivity contribution in [2.24, 2.45) is 0 Å². The van der Waals surface area contributed by atoms with Crippen LogP contribution in [0.15, 0.2) is 72.8 Å². The summed E-state index contributed by atoms with van der Waals surface area (Å²) in [5, 5.41) is 3.88. The number of hydrogen-bond donors (Lipinski definition) is 0. The molecule has 0 unspecified atom stereocenters. The van der Waals surface area contributed by atoms with E-state index in [2.05, 4.69) is 97.3 Å². The number of fused-ring (bicyclic) bond motifs is 2. The fourth-order valence-electron chi connectivity index (χ4n) is 3.51. The summed E-state index contributed by atoms with van der Waals surface area (Å²) in [5.74, 6) is 0. The molecule has 0 N–H and O–H groups in total. The molecule has 0 radical (unpaired) electrons. The first-order chi connectivity index (χ1) is 11.8. The highest BCUT2D eigenvalue weighted by Crippen LogP contribution is 2.33. The summed E-state index contributed by atoms with van der Waals surface area (Å²) in [6, 6.07) is 23.8. The van der Waals surface area contributed by atoms with Crippen LogP contribution < -0.4 is 0 Å². The van der Waals surface area contributed by atoms with Crippen LogP contribution in [-0.2, 0) is 0 Å². The van der Waals surface area contributed by atoms with Gasteiger partial charge in [-0.2, -0.15) is 0 Å². The second kappa shape index (κ2) is 6.01. The van der Waals surface area contributed by atoms with Crippen molar-refractivity contribution in [2.45, 2.75) is 20.3 Å². The van der Waals surface area contributed by atoms with Crippen LogP contribution in [-0.4, -0.2) is 4.57 Å². The monoisotopic (exact) mass is 311 g/mol. The molecule has 0 saturated carbocycles. The van der Waals surface area contributed by atoms with E-state index in [-0.39, 0.29) is 0 Å². The van der Waals surface area contributed by atoms with Crippen molar-refractivity contribution >= 4 is 27.8 Å². The van der Waals surface area contributed by atoms with Gasteiger partial charge in [0.25, 0.3) is 0 Å². The van der Waals surface area contributed by atoms with Gasteiger partial charge in [0.2, 0.25) is 0 Å². The zero-order valence-electron chi connectivity index (χ0n) is 14.2. The molecule has 1 nitrogen and oxygen atoms in total. The minimum absolute atomic E-state index is 1.04. The highest BCUT2D eigenvalue weighted by Gasteiger charge is 2.14. The van der Waals surface area contributed by atoms with E-state index < -0.39 is 0 Å². The molecule has 4 rings (SSSR count). The number of aromatic nitrogens is 1. The topological polar surface area (TPSA) is 4.93 Å². The quantitative estimate of drug-likeness (QED) is 0.406. The standard InChI is InChI=1S/C23H21N/c1-3-4-14-21-17(2)19-12-7-8-15-22(19)24(21)23-16-9-11-18-10-5-6-13-20(18)23/h4-16H,3H2,1-2H3/b14-4-. The molecule has 0 atom stereocenters. The molecule has 0 aliphatic rings. The number of para-hydroxylation sites is 1. The highest BCUT2D eigenvalue weighted by atomic mass is 15.0. The Morgan fingerprint density at radius 3 is 2.38 bits per heavy atom. The fourth-order valence-corrected chi connectivity index (χ4v) is 3.51. The lowest BCUT2D eigenvalue weighted by molar-refractivity contribution is 1.10. The van der Waals surface area contributed by atoms with Gasteiger partial charge in [-0.05, 0) is 42.5 Å². The first-order valence-electron chi connectivity index (χ1n) is 8.56. The summed E-state index contributed by atoms with van der Waals surface area (Å²) in [6.07, 6.45) is 5.54. The molecule has 24 heavy (non-hydrogen) atoms. The Kier molecular flexibility index (Phi) is 3.70. The van der Waals surface area contributed by atoms with Crippen LogP contribution in [0.25, 0.3) is 33.4 Å². The molecule has 4 aromatic rings. The van der Waals surface area contributed by atoms with Gasteiger partial charge in [0.15, 0.2) is 0 Å². The Morgan fingerprint density at radius 1 is 0.833 bits per heavy atom. The molecule has 0 spiro atoms. The normalized spacial score (nSPS) is 11.8. The number of hydrogen-bond acceptors (Lipinski definition) is 0. The van der Waals surface area contributed by atoms with Crippen LogP contribution in [0.3, 0.4) is 0 Å². The van der Waals surface area contributed by atoms with Gasteiger partial charge in [-0.1, -0.05) is 67.6 Å². The van der Waals surface area contributed by atoms with E-state index in [0.717, 1.165) is 6.42 Å². The van der Waals surface area contributed by atoms with Crippen molar-refractivity contribution in [3.8, 4) is 5.69 Å². The maximum atomic E-state index is 2.40. The third-order valence-electron chi connectivity index (χ3n) is 4.69. The van der Waals surface area contributed by atoms with E-state index >= 15 is 0 Å². The summed E-state index contributed by atoms with van der Waals surface area (Å²) in [4.78, 5) is 0. The Bertz CT molecular complexity index is 1040. The van der Waals surface area contributed by atoms with E-state index in [4.69, 9.17) is 0 Å². The highest BCUT2D eigenvalue weighted by molar-refractivity contribution is 5.96. The first-order valence-corrected chi connectivity index (χ1v) is 8.56. The Balaban J connectivity index is 2.14. The van der Waals surface area contributed by atoms with Crippen LogP contribution in [0.1, 0.15) is 24.6 Å². The lowest BCUT2D eigenvalue weighted by Gasteiger charge is -2.12. The van der Waals surface area contributed by atoms with Gasteiger partial charge < -0.3 is 4.57 Å². The third kappa shape index (κ3) is 2.25. The van der Waals surface area contributed by atoms with E-state index in [1.54, 1.807) is 0 Å². The predicted molar refractivity (Wildman–Crippen MR) is 105 cm³/mol. The van der Waals surface area contributed by atoms with Gasteiger partial charge in [-0.25, -0.2) is 0 Å². The lowest BCUT2D eigenvalue weighted by Crippen LogP contribution is -1.98. The minimum Gasteiger partial charge on any atom is -0.309 e. The van der Waals surface area contributed by atoms with Gasteiger partial charge in [0, 0.05) is 16.5 Å². The van der Waals surface area contributed by atoms with E-state index in [9.17, 15) is 0 Å². The minimum atomic E-state index is 1.04. The SMILES string of the molecule is CC/C=C\c1c(C)c2ccccc2n1-c1cccc2ccccc12. The zero-order valence-corrected chi connectivity index (χ0v) is 14.2. The summed E-state index contributed by atoms with van der Waals surface area (Å²) in [5.41, 5.74) is 5.12. The average Bonchev–Trinajstić information content (AvgIpc) is 2.92. The summed E-state index contributed by atoms with van der Waals surface area (Å²) in [6.45, 7) is 4.40. The molecule has 0 bridgehead atoms. The molecule has 1 heterocycles. The van der Waals surface area contributed by atoms with Gasteiger partial charge in [0.05, 0.1) is 11.2 Å². The molecule has 0 fully saturated rings. The Morgan fingerprint density at radius 2 is 1.54 bits per heavy atom. The van der Waals surface area contributed by atoms with Crippen molar-refractivity contribution in [1.82, 2.24) is 4.57 Å². The van der Waals surface area contributed by atoms with Crippen molar-refractivity contribution in [2.75, 3.05) is 0 Å². The molecule has 0 amide bonds. The molecular formula is C23H21N. The number of rotatable bonds is 3. The van der Waals surface area contributed by atoms with Crippen molar-refractivity contribution in [1.29, 1.82) is 0 Å². The lowest BCUT2D eigenvalue weighted by atomic mass is 10.1. The Hall–Kier alpha value is -2.80. The molecule has 3 aromatic carbocycles. The van der Waals surface area contributed by atoms with Crippen LogP contribution >= 0.6 is 0 Å². The molecule has 1 heteroatoms. The van der Waals surface area contributed by atoms with E-state index in [1.165, 1.54) is 38.6 Å². The summed E-state index contributed by atoms with van der Waals surface area (Å²) < 4.78 is 2.40. The maximum Gasteiger partial charge on any atom is 0.0540 e. The number of aryl methyl sites for hydroxylation is 1. The van der Waals surface area contributed by atoms with E-state index in [0.29, 0.717) is 0 Å². The zero-order chi connectivity index (χ0) is 16.5. The van der Waals surface area contributed by atoms with Gasteiger partial charge in [0.1, 0.15) is 0 Å². The number of nitrogens with zero attached hydrogens (tertiary/aromatic N) is 1. The van der Waals surface area contributed by atoms with Gasteiger partial charge in [-0.15, -0.1) is 0 Å². The van der Waals surface area contributed by atoms with Crippen LogP contribution in [0.5, 0.6) is 0 Å². The number of allylic oxidation sites excluding steroid dienone is 1.